The maximum Gasteiger partial charge on any atom is 0.0384 e. The zero-order chi connectivity index (χ0) is 23.1. The molecule has 0 aliphatic heterocycles. The number of nitrogens with one attached hydrogen (secondary N) is 1. The van der Waals surface area contributed by atoms with Gasteiger partial charge < -0.3 is 5.32 Å². The van der Waals surface area contributed by atoms with E-state index < -0.39 is 0 Å². The lowest BCUT2D eigenvalue weighted by Crippen LogP contribution is -2.16. The van der Waals surface area contributed by atoms with E-state index in [1.54, 1.807) is 0 Å². The number of rotatable bonds is 4. The molecular formula is C33H27N. The fourth-order valence-corrected chi connectivity index (χ4v) is 5.36. The molecule has 0 atom stereocenters. The number of benzene rings is 5. The van der Waals surface area contributed by atoms with Gasteiger partial charge in [-0.25, -0.2) is 0 Å². The van der Waals surface area contributed by atoms with Gasteiger partial charge in [-0.05, 0) is 68.8 Å². The first-order valence-corrected chi connectivity index (χ1v) is 11.9. The maximum atomic E-state index is 3.54. The van der Waals surface area contributed by atoms with Gasteiger partial charge in [0.2, 0.25) is 0 Å². The molecule has 1 heteroatoms. The Morgan fingerprint density at radius 2 is 0.971 bits per heavy atom. The molecular weight excluding hydrogens is 410 g/mol. The average Bonchev–Trinajstić information content (AvgIpc) is 3.13. The molecule has 1 aliphatic carbocycles. The lowest BCUT2D eigenvalue weighted by atomic mass is 9.79. The van der Waals surface area contributed by atoms with E-state index in [1.165, 1.54) is 44.5 Å². The van der Waals surface area contributed by atoms with E-state index in [-0.39, 0.29) is 5.41 Å². The minimum absolute atomic E-state index is 0.0139. The van der Waals surface area contributed by atoms with Crippen molar-refractivity contribution < 1.29 is 0 Å². The molecule has 34 heavy (non-hydrogen) atoms. The molecule has 5 aromatic rings. The van der Waals surface area contributed by atoms with Crippen molar-refractivity contribution in [2.75, 3.05) is 5.32 Å². The Kier molecular flexibility index (Phi) is 4.85. The van der Waals surface area contributed by atoms with Crippen molar-refractivity contribution in [3.8, 4) is 33.4 Å². The van der Waals surface area contributed by atoms with Crippen LogP contribution in [0.4, 0.5) is 11.4 Å². The number of anilines is 2. The molecule has 0 spiro atoms. The molecule has 0 unspecified atom stereocenters. The van der Waals surface area contributed by atoms with Crippen LogP contribution in [0, 0.1) is 0 Å². The minimum Gasteiger partial charge on any atom is -0.356 e. The molecule has 1 N–H and O–H groups in total. The lowest BCUT2D eigenvalue weighted by Gasteiger charge is -2.24. The van der Waals surface area contributed by atoms with Crippen LogP contribution in [-0.4, -0.2) is 0 Å². The van der Waals surface area contributed by atoms with Gasteiger partial charge in [0.25, 0.3) is 0 Å². The van der Waals surface area contributed by atoms with Crippen LogP contribution in [0.25, 0.3) is 33.4 Å². The highest BCUT2D eigenvalue weighted by Crippen LogP contribution is 2.51. The van der Waals surface area contributed by atoms with Crippen LogP contribution in [0.2, 0.25) is 0 Å². The summed E-state index contributed by atoms with van der Waals surface area (Å²) in [5.74, 6) is 0. The third kappa shape index (κ3) is 3.41. The Morgan fingerprint density at radius 3 is 1.68 bits per heavy atom. The van der Waals surface area contributed by atoms with Crippen molar-refractivity contribution in [3.63, 3.8) is 0 Å². The monoisotopic (exact) mass is 437 g/mol. The van der Waals surface area contributed by atoms with Crippen LogP contribution in [0.5, 0.6) is 0 Å². The molecule has 0 radical (unpaired) electrons. The van der Waals surface area contributed by atoms with Crippen LogP contribution >= 0.6 is 0 Å². The van der Waals surface area contributed by atoms with E-state index in [2.05, 4.69) is 134 Å². The fourth-order valence-electron chi connectivity index (χ4n) is 5.36. The van der Waals surface area contributed by atoms with Crippen molar-refractivity contribution in [3.05, 3.63) is 132 Å². The van der Waals surface area contributed by atoms with E-state index in [0.717, 1.165) is 11.4 Å². The molecule has 1 aliphatic rings. The second-order valence-corrected chi connectivity index (χ2v) is 9.54. The first-order valence-electron chi connectivity index (χ1n) is 11.9. The lowest BCUT2D eigenvalue weighted by molar-refractivity contribution is 0.662. The fraction of sp³-hybridized carbons (Fsp3) is 0.0909. The summed E-state index contributed by atoms with van der Waals surface area (Å²) < 4.78 is 0. The summed E-state index contributed by atoms with van der Waals surface area (Å²) in [5, 5.41) is 3.54. The smallest absolute Gasteiger partial charge is 0.0384 e. The van der Waals surface area contributed by atoms with E-state index in [9.17, 15) is 0 Å². The molecule has 0 saturated heterocycles. The number of hydrogen-bond donors (Lipinski definition) is 1. The first kappa shape index (κ1) is 20.5. The minimum atomic E-state index is -0.0139. The van der Waals surface area contributed by atoms with Gasteiger partial charge in [0.05, 0.1) is 0 Å². The summed E-state index contributed by atoms with van der Waals surface area (Å²) in [5.41, 5.74) is 12.8. The van der Waals surface area contributed by atoms with Gasteiger partial charge in [-0.15, -0.1) is 0 Å². The average molecular weight is 438 g/mol. The van der Waals surface area contributed by atoms with E-state index >= 15 is 0 Å². The van der Waals surface area contributed by atoms with E-state index in [1.807, 2.05) is 6.07 Å². The SMILES string of the molecule is CC1(C)c2ccccc2-c2cccc(-c3ccc(Nc4ccc(-c5ccccc5)cc4)cc3)c21. The summed E-state index contributed by atoms with van der Waals surface area (Å²) in [6, 6.07) is 43.4. The maximum absolute atomic E-state index is 3.54. The van der Waals surface area contributed by atoms with Crippen molar-refractivity contribution in [1.82, 2.24) is 0 Å². The molecule has 0 heterocycles. The van der Waals surface area contributed by atoms with Crippen LogP contribution in [0.3, 0.4) is 0 Å². The molecule has 164 valence electrons. The zero-order valence-corrected chi connectivity index (χ0v) is 19.5. The van der Waals surface area contributed by atoms with Crippen LogP contribution in [0.15, 0.2) is 121 Å². The molecule has 0 fully saturated rings. The van der Waals surface area contributed by atoms with Crippen molar-refractivity contribution in [2.45, 2.75) is 19.3 Å². The third-order valence-corrected chi connectivity index (χ3v) is 7.06. The Labute approximate surface area is 201 Å². The first-order chi connectivity index (χ1) is 16.6. The predicted molar refractivity (Wildman–Crippen MR) is 145 cm³/mol. The highest BCUT2D eigenvalue weighted by atomic mass is 14.9. The van der Waals surface area contributed by atoms with Gasteiger partial charge in [0.1, 0.15) is 0 Å². The Hall–Kier alpha value is -4.10. The molecule has 0 saturated carbocycles. The summed E-state index contributed by atoms with van der Waals surface area (Å²) >= 11 is 0. The standard InChI is InChI=1S/C33H27N/c1-33(2)31-14-7-6-11-29(31)30-13-8-12-28(32(30)33)25-17-21-27(22-18-25)34-26-19-15-24(16-20-26)23-9-4-3-5-10-23/h3-22,34H,1-2H3. The van der Waals surface area contributed by atoms with Gasteiger partial charge in [-0.2, -0.15) is 0 Å². The topological polar surface area (TPSA) is 12.0 Å². The molecule has 0 aromatic heterocycles. The second kappa shape index (κ2) is 8.04. The summed E-state index contributed by atoms with van der Waals surface area (Å²) in [4.78, 5) is 0. The molecule has 5 aromatic carbocycles. The van der Waals surface area contributed by atoms with Gasteiger partial charge in [-0.3, -0.25) is 0 Å². The highest BCUT2D eigenvalue weighted by molar-refractivity contribution is 5.88. The van der Waals surface area contributed by atoms with E-state index in [0.29, 0.717) is 0 Å². The predicted octanol–water partition coefficient (Wildman–Crippen LogP) is 9.07. The summed E-state index contributed by atoms with van der Waals surface area (Å²) in [7, 11) is 0. The molecule has 0 bridgehead atoms. The van der Waals surface area contributed by atoms with Crippen molar-refractivity contribution >= 4 is 11.4 Å². The Bertz CT molecular complexity index is 1460. The summed E-state index contributed by atoms with van der Waals surface area (Å²) in [6.45, 7) is 4.69. The van der Waals surface area contributed by atoms with Gasteiger partial charge in [0.15, 0.2) is 0 Å². The van der Waals surface area contributed by atoms with Gasteiger partial charge >= 0.3 is 0 Å². The quantitative estimate of drug-likeness (QED) is 0.296. The van der Waals surface area contributed by atoms with E-state index in [4.69, 9.17) is 0 Å². The van der Waals surface area contributed by atoms with Crippen LogP contribution < -0.4 is 5.32 Å². The Balaban J connectivity index is 1.28. The normalized spacial score (nSPS) is 13.2. The molecule has 0 amide bonds. The van der Waals surface area contributed by atoms with Crippen LogP contribution in [-0.2, 0) is 5.41 Å². The van der Waals surface area contributed by atoms with Crippen molar-refractivity contribution in [1.29, 1.82) is 0 Å². The molecule has 1 nitrogen and oxygen atoms in total. The number of hydrogen-bond acceptors (Lipinski definition) is 1. The third-order valence-electron chi connectivity index (χ3n) is 7.06. The van der Waals surface area contributed by atoms with Gasteiger partial charge in [-0.1, -0.05) is 111 Å². The second-order valence-electron chi connectivity index (χ2n) is 9.54. The Morgan fingerprint density at radius 1 is 0.441 bits per heavy atom. The zero-order valence-electron chi connectivity index (χ0n) is 19.5. The van der Waals surface area contributed by atoms with Gasteiger partial charge in [0, 0.05) is 16.8 Å². The highest BCUT2D eigenvalue weighted by Gasteiger charge is 2.37. The van der Waals surface area contributed by atoms with Crippen LogP contribution in [0.1, 0.15) is 25.0 Å². The largest absolute Gasteiger partial charge is 0.356 e. The van der Waals surface area contributed by atoms with Crippen molar-refractivity contribution in [2.24, 2.45) is 0 Å². The summed E-state index contributed by atoms with van der Waals surface area (Å²) in [6.07, 6.45) is 0. The molecule has 6 rings (SSSR count). The number of fused-ring (bicyclic) bond motifs is 3.